The highest BCUT2D eigenvalue weighted by molar-refractivity contribution is 7.92. The van der Waals surface area contributed by atoms with E-state index in [9.17, 15) is 13.2 Å². The Bertz CT molecular complexity index is 340. The molecule has 0 aromatic carbocycles. The van der Waals surface area contributed by atoms with Crippen LogP contribution in [0.3, 0.4) is 0 Å². The number of hydrogen-bond donors (Lipinski definition) is 1. The van der Waals surface area contributed by atoms with E-state index in [1.165, 1.54) is 0 Å². The van der Waals surface area contributed by atoms with Gasteiger partial charge in [0.25, 0.3) is 0 Å². The standard InChI is InChI=1S/C10H20N2O3S/c1-2-6-16(14,15)8-10(13)12-5-3-4-9(12)7-11/h9H,2-8,11H2,1H3. The van der Waals surface area contributed by atoms with E-state index in [-0.39, 0.29) is 23.5 Å². The molecule has 1 aliphatic rings. The van der Waals surface area contributed by atoms with E-state index in [0.717, 1.165) is 12.8 Å². The van der Waals surface area contributed by atoms with E-state index in [1.807, 2.05) is 0 Å². The van der Waals surface area contributed by atoms with Gasteiger partial charge in [0.1, 0.15) is 5.75 Å². The van der Waals surface area contributed by atoms with Crippen molar-refractivity contribution in [1.29, 1.82) is 0 Å². The van der Waals surface area contributed by atoms with Gasteiger partial charge in [0, 0.05) is 19.1 Å². The van der Waals surface area contributed by atoms with Gasteiger partial charge in [-0.1, -0.05) is 6.92 Å². The third kappa shape index (κ3) is 3.45. The average molecular weight is 248 g/mol. The Hall–Kier alpha value is -0.620. The molecule has 1 heterocycles. The van der Waals surface area contributed by atoms with Crippen LogP contribution < -0.4 is 5.73 Å². The summed E-state index contributed by atoms with van der Waals surface area (Å²) < 4.78 is 23.0. The average Bonchev–Trinajstić information content (AvgIpc) is 2.64. The fourth-order valence-electron chi connectivity index (χ4n) is 2.06. The Labute approximate surface area is 96.9 Å². The summed E-state index contributed by atoms with van der Waals surface area (Å²) in [5.41, 5.74) is 5.54. The van der Waals surface area contributed by atoms with Gasteiger partial charge in [-0.3, -0.25) is 4.79 Å². The smallest absolute Gasteiger partial charge is 0.238 e. The molecule has 1 unspecified atom stereocenters. The molecule has 1 rings (SSSR count). The van der Waals surface area contributed by atoms with Crippen molar-refractivity contribution in [3.05, 3.63) is 0 Å². The number of nitrogens with two attached hydrogens (primary N) is 1. The molecule has 0 saturated carbocycles. The zero-order valence-electron chi connectivity index (χ0n) is 9.68. The fourth-order valence-corrected chi connectivity index (χ4v) is 3.37. The van der Waals surface area contributed by atoms with E-state index in [1.54, 1.807) is 11.8 Å². The second-order valence-electron chi connectivity index (χ2n) is 4.21. The van der Waals surface area contributed by atoms with Crippen LogP contribution in [-0.4, -0.2) is 49.9 Å². The maximum absolute atomic E-state index is 11.8. The van der Waals surface area contributed by atoms with Gasteiger partial charge in [0.15, 0.2) is 9.84 Å². The number of sulfone groups is 1. The molecular weight excluding hydrogens is 228 g/mol. The van der Waals surface area contributed by atoms with E-state index in [2.05, 4.69) is 0 Å². The van der Waals surface area contributed by atoms with Crippen LogP contribution in [0.4, 0.5) is 0 Å². The van der Waals surface area contributed by atoms with E-state index in [4.69, 9.17) is 5.73 Å². The molecule has 16 heavy (non-hydrogen) atoms. The molecule has 1 saturated heterocycles. The van der Waals surface area contributed by atoms with Gasteiger partial charge >= 0.3 is 0 Å². The summed E-state index contributed by atoms with van der Waals surface area (Å²) in [7, 11) is -3.23. The van der Waals surface area contributed by atoms with Crippen LogP contribution in [-0.2, 0) is 14.6 Å². The molecule has 6 heteroatoms. The van der Waals surface area contributed by atoms with Gasteiger partial charge in [0.05, 0.1) is 5.75 Å². The third-order valence-electron chi connectivity index (χ3n) is 2.83. The molecule has 1 aliphatic heterocycles. The Kier molecular flexibility index (Phi) is 4.73. The van der Waals surface area contributed by atoms with Crippen molar-refractivity contribution in [3.8, 4) is 0 Å². The first kappa shape index (κ1) is 13.4. The van der Waals surface area contributed by atoms with Crippen LogP contribution in [0.1, 0.15) is 26.2 Å². The first-order valence-electron chi connectivity index (χ1n) is 5.70. The summed E-state index contributed by atoms with van der Waals surface area (Å²) in [6.07, 6.45) is 2.35. The predicted molar refractivity (Wildman–Crippen MR) is 62.7 cm³/mol. The SMILES string of the molecule is CCCS(=O)(=O)CC(=O)N1CCCC1CN. The molecule has 1 amide bonds. The van der Waals surface area contributed by atoms with Crippen LogP contribution in [0.15, 0.2) is 0 Å². The number of nitrogens with zero attached hydrogens (tertiary/aromatic N) is 1. The van der Waals surface area contributed by atoms with Crippen LogP contribution in [0, 0.1) is 0 Å². The van der Waals surface area contributed by atoms with Gasteiger partial charge in [0.2, 0.25) is 5.91 Å². The molecular formula is C10H20N2O3S. The minimum atomic E-state index is -3.23. The highest BCUT2D eigenvalue weighted by Crippen LogP contribution is 2.16. The van der Waals surface area contributed by atoms with Gasteiger partial charge in [-0.25, -0.2) is 8.42 Å². The summed E-state index contributed by atoms with van der Waals surface area (Å²) >= 11 is 0. The van der Waals surface area contributed by atoms with E-state index >= 15 is 0 Å². The quantitative estimate of drug-likeness (QED) is 0.728. The molecule has 5 nitrogen and oxygen atoms in total. The molecule has 1 fully saturated rings. The van der Waals surface area contributed by atoms with Crippen LogP contribution >= 0.6 is 0 Å². The number of hydrogen-bond acceptors (Lipinski definition) is 4. The number of rotatable bonds is 5. The summed E-state index contributed by atoms with van der Waals surface area (Å²) in [4.78, 5) is 13.4. The van der Waals surface area contributed by atoms with E-state index in [0.29, 0.717) is 19.5 Å². The number of carbonyl (C=O) groups is 1. The lowest BCUT2D eigenvalue weighted by atomic mass is 10.2. The maximum Gasteiger partial charge on any atom is 0.238 e. The maximum atomic E-state index is 11.8. The van der Waals surface area contributed by atoms with Gasteiger partial charge in [-0.15, -0.1) is 0 Å². The lowest BCUT2D eigenvalue weighted by Crippen LogP contribution is -2.42. The minimum Gasteiger partial charge on any atom is -0.338 e. The monoisotopic (exact) mass is 248 g/mol. The molecule has 0 aliphatic carbocycles. The van der Waals surface area contributed by atoms with Crippen LogP contribution in [0.2, 0.25) is 0 Å². The van der Waals surface area contributed by atoms with Crippen molar-refractivity contribution in [1.82, 2.24) is 4.90 Å². The van der Waals surface area contributed by atoms with E-state index < -0.39 is 9.84 Å². The van der Waals surface area contributed by atoms with Crippen LogP contribution in [0.25, 0.3) is 0 Å². The Balaban J connectivity index is 2.58. The van der Waals surface area contributed by atoms with Gasteiger partial charge in [-0.2, -0.15) is 0 Å². The summed E-state index contributed by atoms with van der Waals surface area (Å²) in [6, 6.07) is 0.0318. The normalized spacial score (nSPS) is 21.4. The fraction of sp³-hybridized carbons (Fsp3) is 0.900. The molecule has 94 valence electrons. The summed E-state index contributed by atoms with van der Waals surface area (Å²) in [5.74, 6) is -0.571. The zero-order valence-corrected chi connectivity index (χ0v) is 10.5. The largest absolute Gasteiger partial charge is 0.338 e. The minimum absolute atomic E-state index is 0.0318. The molecule has 2 N–H and O–H groups in total. The second kappa shape index (κ2) is 5.63. The summed E-state index contributed by atoms with van der Waals surface area (Å²) in [5, 5.41) is 0. The molecule has 0 aromatic heterocycles. The van der Waals surface area contributed by atoms with Crippen molar-refractivity contribution in [2.75, 3.05) is 24.6 Å². The van der Waals surface area contributed by atoms with Crippen molar-refractivity contribution >= 4 is 15.7 Å². The van der Waals surface area contributed by atoms with Crippen molar-refractivity contribution < 1.29 is 13.2 Å². The Morgan fingerprint density at radius 1 is 1.50 bits per heavy atom. The Morgan fingerprint density at radius 3 is 2.75 bits per heavy atom. The van der Waals surface area contributed by atoms with Gasteiger partial charge in [-0.05, 0) is 19.3 Å². The number of amides is 1. The van der Waals surface area contributed by atoms with Crippen molar-refractivity contribution in [2.24, 2.45) is 5.73 Å². The highest BCUT2D eigenvalue weighted by atomic mass is 32.2. The second-order valence-corrected chi connectivity index (χ2v) is 6.39. The van der Waals surface area contributed by atoms with Crippen molar-refractivity contribution in [3.63, 3.8) is 0 Å². The molecule has 0 spiro atoms. The first-order chi connectivity index (χ1) is 7.50. The van der Waals surface area contributed by atoms with Gasteiger partial charge < -0.3 is 10.6 Å². The predicted octanol–water partition coefficient (Wildman–Crippen LogP) is -0.239. The topological polar surface area (TPSA) is 80.5 Å². The van der Waals surface area contributed by atoms with Crippen molar-refractivity contribution in [2.45, 2.75) is 32.2 Å². The number of likely N-dealkylation sites (tertiary alicyclic amines) is 1. The first-order valence-corrected chi connectivity index (χ1v) is 7.52. The summed E-state index contributed by atoms with van der Waals surface area (Å²) in [6.45, 7) is 2.85. The molecule has 0 bridgehead atoms. The zero-order chi connectivity index (χ0) is 12.2. The molecule has 0 aromatic rings. The Morgan fingerprint density at radius 2 is 2.19 bits per heavy atom. The number of carbonyl (C=O) groups excluding carboxylic acids is 1. The molecule has 1 atom stereocenters. The van der Waals surface area contributed by atoms with Crippen LogP contribution in [0.5, 0.6) is 0 Å². The third-order valence-corrected chi connectivity index (χ3v) is 4.55. The molecule has 0 radical (unpaired) electrons. The lowest BCUT2D eigenvalue weighted by molar-refractivity contribution is -0.129. The highest BCUT2D eigenvalue weighted by Gasteiger charge is 2.29. The lowest BCUT2D eigenvalue weighted by Gasteiger charge is -2.23.